The predicted octanol–water partition coefficient (Wildman–Crippen LogP) is -0.721. The van der Waals surface area contributed by atoms with Crippen molar-refractivity contribution in [3.05, 3.63) is 29.6 Å². The quantitative estimate of drug-likeness (QED) is 0.604. The second kappa shape index (κ2) is 3.00. The minimum Gasteiger partial charge on any atom is -0.366 e. The van der Waals surface area contributed by atoms with Crippen molar-refractivity contribution in [1.82, 2.24) is 4.98 Å². The van der Waals surface area contributed by atoms with E-state index in [1.54, 1.807) is 0 Å². The summed E-state index contributed by atoms with van der Waals surface area (Å²) in [5, 5.41) is 0. The molecule has 0 radical (unpaired) electrons. The molecule has 0 fully saturated rings. The molecule has 5 heteroatoms. The smallest absolute Gasteiger partial charge is 0.267 e. The van der Waals surface area contributed by atoms with Gasteiger partial charge in [-0.3, -0.25) is 14.6 Å². The van der Waals surface area contributed by atoms with E-state index in [9.17, 15) is 9.59 Å². The molecular weight excluding hydrogens is 158 g/mol. The number of primary amides is 2. The van der Waals surface area contributed by atoms with Gasteiger partial charge in [-0.2, -0.15) is 0 Å². The van der Waals surface area contributed by atoms with Crippen LogP contribution < -0.4 is 11.5 Å². The largest absolute Gasteiger partial charge is 0.366 e. The summed E-state index contributed by atoms with van der Waals surface area (Å²) in [5.74, 6) is -1.29. The molecule has 0 unspecified atom stereocenters. The molecule has 0 aliphatic carbocycles. The number of amides is 2. The first kappa shape index (κ1) is 8.19. The zero-order chi connectivity index (χ0) is 9.14. The Morgan fingerprint density at radius 2 is 1.92 bits per heavy atom. The minimum atomic E-state index is -0.682. The fourth-order valence-corrected chi connectivity index (χ4v) is 0.719. The summed E-state index contributed by atoms with van der Waals surface area (Å²) in [4.78, 5) is 24.8. The number of rotatable bonds is 2. The van der Waals surface area contributed by atoms with Gasteiger partial charge in [0.1, 0.15) is 5.69 Å². The lowest BCUT2D eigenvalue weighted by atomic mass is 10.2. The van der Waals surface area contributed by atoms with Crippen LogP contribution >= 0.6 is 0 Å². The Labute approximate surface area is 68.4 Å². The van der Waals surface area contributed by atoms with Gasteiger partial charge in [-0.25, -0.2) is 0 Å². The zero-order valence-electron chi connectivity index (χ0n) is 6.15. The maximum atomic E-state index is 10.6. The fraction of sp³-hybridized carbons (Fsp3) is 0. The second-order valence-electron chi connectivity index (χ2n) is 2.16. The van der Waals surface area contributed by atoms with Gasteiger partial charge < -0.3 is 11.5 Å². The lowest BCUT2D eigenvalue weighted by molar-refractivity contribution is 0.0995. The molecule has 1 heterocycles. The van der Waals surface area contributed by atoms with Gasteiger partial charge in [0.15, 0.2) is 0 Å². The number of carbonyl (C=O) groups is 2. The average molecular weight is 165 g/mol. The van der Waals surface area contributed by atoms with Crippen molar-refractivity contribution < 1.29 is 9.59 Å². The molecule has 1 rings (SSSR count). The maximum Gasteiger partial charge on any atom is 0.267 e. The molecular formula is C7H7N3O2. The van der Waals surface area contributed by atoms with Gasteiger partial charge in [0, 0.05) is 11.8 Å². The van der Waals surface area contributed by atoms with Gasteiger partial charge in [0.2, 0.25) is 5.91 Å². The Kier molecular flexibility index (Phi) is 2.05. The summed E-state index contributed by atoms with van der Waals surface area (Å²) >= 11 is 0. The van der Waals surface area contributed by atoms with E-state index in [1.807, 2.05) is 0 Å². The van der Waals surface area contributed by atoms with Crippen LogP contribution in [-0.2, 0) is 0 Å². The molecule has 0 aliphatic heterocycles. The van der Waals surface area contributed by atoms with Gasteiger partial charge in [0.05, 0.1) is 0 Å². The van der Waals surface area contributed by atoms with Crippen LogP contribution in [0.3, 0.4) is 0 Å². The van der Waals surface area contributed by atoms with Crippen molar-refractivity contribution in [2.45, 2.75) is 0 Å². The second-order valence-corrected chi connectivity index (χ2v) is 2.16. The third kappa shape index (κ3) is 1.57. The average Bonchev–Trinajstić information content (AvgIpc) is 2.04. The van der Waals surface area contributed by atoms with Crippen LogP contribution in [0.4, 0.5) is 0 Å². The van der Waals surface area contributed by atoms with Gasteiger partial charge in [-0.15, -0.1) is 0 Å². The van der Waals surface area contributed by atoms with Crippen LogP contribution in [0.25, 0.3) is 0 Å². The minimum absolute atomic E-state index is 0.0336. The van der Waals surface area contributed by atoms with Gasteiger partial charge in [-0.05, 0) is 12.1 Å². The zero-order valence-corrected chi connectivity index (χ0v) is 6.15. The molecule has 0 saturated heterocycles. The fourth-order valence-electron chi connectivity index (χ4n) is 0.719. The van der Waals surface area contributed by atoms with E-state index in [1.165, 1.54) is 18.3 Å². The van der Waals surface area contributed by atoms with Crippen molar-refractivity contribution in [2.24, 2.45) is 11.5 Å². The van der Waals surface area contributed by atoms with Crippen molar-refractivity contribution in [2.75, 3.05) is 0 Å². The Morgan fingerprint density at radius 1 is 1.25 bits per heavy atom. The Bertz CT molecular complexity index is 306. The van der Waals surface area contributed by atoms with Crippen molar-refractivity contribution in [1.29, 1.82) is 0 Å². The standard InChI is InChI=1S/C7H7N3O2/c8-6(11)4-1-2-10-5(3-4)7(9)12/h1-3H,(H2,8,11)(H2,9,12). The first-order valence-corrected chi connectivity index (χ1v) is 3.17. The molecule has 0 saturated carbocycles. The highest BCUT2D eigenvalue weighted by molar-refractivity contribution is 5.97. The molecule has 1 aromatic rings. The maximum absolute atomic E-state index is 10.6. The highest BCUT2D eigenvalue weighted by atomic mass is 16.1. The number of pyridine rings is 1. The molecule has 5 nitrogen and oxygen atoms in total. The van der Waals surface area contributed by atoms with E-state index in [4.69, 9.17) is 11.5 Å². The summed E-state index contributed by atoms with van der Waals surface area (Å²) in [7, 11) is 0. The Balaban J connectivity index is 3.12. The third-order valence-electron chi connectivity index (χ3n) is 1.30. The lowest BCUT2D eigenvalue weighted by Gasteiger charge is -1.96. The number of aromatic nitrogens is 1. The van der Waals surface area contributed by atoms with E-state index < -0.39 is 11.8 Å². The van der Waals surface area contributed by atoms with Crippen LogP contribution in [0.2, 0.25) is 0 Å². The Morgan fingerprint density at radius 3 is 2.42 bits per heavy atom. The van der Waals surface area contributed by atoms with E-state index >= 15 is 0 Å². The molecule has 0 atom stereocenters. The summed E-state index contributed by atoms with van der Waals surface area (Å²) in [6.45, 7) is 0. The topological polar surface area (TPSA) is 99.1 Å². The molecule has 0 bridgehead atoms. The van der Waals surface area contributed by atoms with Crippen LogP contribution in [0, 0.1) is 0 Å². The monoisotopic (exact) mass is 165 g/mol. The predicted molar refractivity (Wildman–Crippen MR) is 41.3 cm³/mol. The SMILES string of the molecule is NC(=O)c1ccnc(C(N)=O)c1. The highest BCUT2D eigenvalue weighted by Gasteiger charge is 2.05. The van der Waals surface area contributed by atoms with E-state index in [0.717, 1.165) is 0 Å². The first-order chi connectivity index (χ1) is 5.61. The van der Waals surface area contributed by atoms with Crippen molar-refractivity contribution in [3.8, 4) is 0 Å². The molecule has 12 heavy (non-hydrogen) atoms. The lowest BCUT2D eigenvalue weighted by Crippen LogP contribution is -2.16. The van der Waals surface area contributed by atoms with Crippen molar-refractivity contribution in [3.63, 3.8) is 0 Å². The normalized spacial score (nSPS) is 9.33. The van der Waals surface area contributed by atoms with Crippen LogP contribution in [-0.4, -0.2) is 16.8 Å². The van der Waals surface area contributed by atoms with Crippen LogP contribution in [0.5, 0.6) is 0 Å². The number of nitrogens with two attached hydrogens (primary N) is 2. The number of carbonyl (C=O) groups excluding carboxylic acids is 2. The summed E-state index contributed by atoms with van der Waals surface area (Å²) in [6.07, 6.45) is 1.31. The molecule has 2 amide bonds. The Hall–Kier alpha value is -1.91. The van der Waals surface area contributed by atoms with Crippen LogP contribution in [0.15, 0.2) is 18.3 Å². The summed E-state index contributed by atoms with van der Waals surface area (Å²) in [6, 6.07) is 2.67. The van der Waals surface area contributed by atoms with Gasteiger partial charge in [-0.1, -0.05) is 0 Å². The highest BCUT2D eigenvalue weighted by Crippen LogP contribution is 1.99. The van der Waals surface area contributed by atoms with Crippen molar-refractivity contribution >= 4 is 11.8 Å². The molecule has 62 valence electrons. The van der Waals surface area contributed by atoms with Crippen LogP contribution in [0.1, 0.15) is 20.8 Å². The van der Waals surface area contributed by atoms with E-state index in [2.05, 4.69) is 4.98 Å². The van der Waals surface area contributed by atoms with Gasteiger partial charge >= 0.3 is 0 Å². The number of hydrogen-bond donors (Lipinski definition) is 2. The van der Waals surface area contributed by atoms with E-state index in [-0.39, 0.29) is 11.3 Å². The number of nitrogens with zero attached hydrogens (tertiary/aromatic N) is 1. The first-order valence-electron chi connectivity index (χ1n) is 3.17. The molecule has 0 aliphatic rings. The summed E-state index contributed by atoms with van der Waals surface area (Å²) in [5.41, 5.74) is 10.1. The molecule has 0 spiro atoms. The molecule has 4 N–H and O–H groups in total. The third-order valence-corrected chi connectivity index (χ3v) is 1.30. The van der Waals surface area contributed by atoms with E-state index in [0.29, 0.717) is 0 Å². The van der Waals surface area contributed by atoms with Gasteiger partial charge in [0.25, 0.3) is 5.91 Å². The number of hydrogen-bond acceptors (Lipinski definition) is 3. The molecule has 1 aromatic heterocycles. The summed E-state index contributed by atoms with van der Waals surface area (Å²) < 4.78 is 0. The molecule has 0 aromatic carbocycles.